The molecular formula is C12H18BrNO2. The number of unbranched alkanes of at least 4 members (excludes halogenated alkanes) is 2. The Hall–Kier alpha value is -0.740. The molecule has 0 saturated heterocycles. The zero-order chi connectivity index (χ0) is 11.8. The maximum absolute atomic E-state index is 8.64. The minimum Gasteiger partial charge on any atom is -0.496 e. The third kappa shape index (κ3) is 4.41. The molecule has 2 N–H and O–H groups in total. The Kier molecular flexibility index (Phi) is 6.26. The molecule has 0 aromatic heterocycles. The molecule has 0 heterocycles. The number of benzene rings is 1. The molecule has 0 radical (unpaired) electrons. The van der Waals surface area contributed by atoms with E-state index < -0.39 is 0 Å². The lowest BCUT2D eigenvalue weighted by molar-refractivity contribution is 0.283. The first-order valence-corrected chi connectivity index (χ1v) is 6.25. The van der Waals surface area contributed by atoms with E-state index in [1.165, 1.54) is 0 Å². The van der Waals surface area contributed by atoms with Crippen LogP contribution in [0.4, 0.5) is 5.69 Å². The summed E-state index contributed by atoms with van der Waals surface area (Å²) in [6, 6.07) is 5.93. The van der Waals surface area contributed by atoms with E-state index in [0.717, 1.165) is 41.7 Å². The maximum atomic E-state index is 8.64. The lowest BCUT2D eigenvalue weighted by Gasteiger charge is -2.08. The number of rotatable bonds is 7. The monoisotopic (exact) mass is 287 g/mol. The third-order valence-corrected chi connectivity index (χ3v) is 2.94. The molecule has 0 saturated carbocycles. The summed E-state index contributed by atoms with van der Waals surface area (Å²) in [6.07, 6.45) is 3.01. The van der Waals surface area contributed by atoms with Crippen molar-refractivity contribution in [3.05, 3.63) is 22.7 Å². The summed E-state index contributed by atoms with van der Waals surface area (Å²) in [6.45, 7) is 1.22. The molecule has 0 fully saturated rings. The molecule has 1 aromatic rings. The SMILES string of the molecule is COc1ccc(NCCCCCO)cc1Br. The quantitative estimate of drug-likeness (QED) is 0.758. The van der Waals surface area contributed by atoms with Crippen molar-refractivity contribution in [2.24, 2.45) is 0 Å². The first-order chi connectivity index (χ1) is 7.77. The molecule has 0 aliphatic rings. The number of anilines is 1. The number of hydrogen-bond donors (Lipinski definition) is 2. The van der Waals surface area contributed by atoms with Gasteiger partial charge < -0.3 is 15.2 Å². The van der Waals surface area contributed by atoms with E-state index in [1.807, 2.05) is 18.2 Å². The molecule has 0 aliphatic carbocycles. The van der Waals surface area contributed by atoms with Gasteiger partial charge in [0.15, 0.2) is 0 Å². The van der Waals surface area contributed by atoms with Gasteiger partial charge in [0.05, 0.1) is 11.6 Å². The Morgan fingerprint density at radius 2 is 2.12 bits per heavy atom. The Labute approximate surface area is 105 Å². The van der Waals surface area contributed by atoms with Crippen LogP contribution in [0.15, 0.2) is 22.7 Å². The fourth-order valence-electron chi connectivity index (χ4n) is 1.42. The van der Waals surface area contributed by atoms with Crippen molar-refractivity contribution >= 4 is 21.6 Å². The molecule has 0 bridgehead atoms. The minimum atomic E-state index is 0.286. The van der Waals surface area contributed by atoms with E-state index in [0.29, 0.717) is 0 Å². The average Bonchev–Trinajstić information content (AvgIpc) is 2.29. The minimum absolute atomic E-state index is 0.286. The normalized spacial score (nSPS) is 10.2. The smallest absolute Gasteiger partial charge is 0.133 e. The molecule has 0 atom stereocenters. The average molecular weight is 288 g/mol. The van der Waals surface area contributed by atoms with Crippen molar-refractivity contribution < 1.29 is 9.84 Å². The molecule has 16 heavy (non-hydrogen) atoms. The molecule has 0 spiro atoms. The Morgan fingerprint density at radius 3 is 2.75 bits per heavy atom. The summed E-state index contributed by atoms with van der Waals surface area (Å²) in [7, 11) is 1.65. The molecule has 1 aromatic carbocycles. The van der Waals surface area contributed by atoms with Crippen molar-refractivity contribution in [1.29, 1.82) is 0 Å². The lowest BCUT2D eigenvalue weighted by Crippen LogP contribution is -2.01. The van der Waals surface area contributed by atoms with Crippen molar-refractivity contribution in [3.8, 4) is 5.75 Å². The molecule has 1 rings (SSSR count). The van der Waals surface area contributed by atoms with Gasteiger partial charge >= 0.3 is 0 Å². The first-order valence-electron chi connectivity index (χ1n) is 5.46. The van der Waals surface area contributed by atoms with Gasteiger partial charge in [-0.15, -0.1) is 0 Å². The van der Waals surface area contributed by atoms with E-state index in [2.05, 4.69) is 21.2 Å². The van der Waals surface area contributed by atoms with Crippen LogP contribution >= 0.6 is 15.9 Å². The first kappa shape index (κ1) is 13.3. The predicted octanol–water partition coefficient (Wildman–Crippen LogP) is 3.03. The second kappa shape index (κ2) is 7.52. The zero-order valence-corrected chi connectivity index (χ0v) is 11.1. The molecule has 0 unspecified atom stereocenters. The van der Waals surface area contributed by atoms with Gasteiger partial charge in [-0.05, 0) is 53.4 Å². The fourth-order valence-corrected chi connectivity index (χ4v) is 1.96. The highest BCUT2D eigenvalue weighted by atomic mass is 79.9. The van der Waals surface area contributed by atoms with E-state index in [-0.39, 0.29) is 6.61 Å². The summed E-state index contributed by atoms with van der Waals surface area (Å²) in [5.74, 6) is 0.839. The highest BCUT2D eigenvalue weighted by Gasteiger charge is 2.00. The van der Waals surface area contributed by atoms with Crippen LogP contribution in [0, 0.1) is 0 Å². The van der Waals surface area contributed by atoms with Crippen LogP contribution in [0.2, 0.25) is 0 Å². The topological polar surface area (TPSA) is 41.5 Å². The number of aliphatic hydroxyl groups excluding tert-OH is 1. The number of aliphatic hydroxyl groups is 1. The van der Waals surface area contributed by atoms with Crippen LogP contribution in [0.5, 0.6) is 5.75 Å². The largest absolute Gasteiger partial charge is 0.496 e. The Balaban J connectivity index is 2.34. The van der Waals surface area contributed by atoms with Crippen LogP contribution in [-0.4, -0.2) is 25.4 Å². The fraction of sp³-hybridized carbons (Fsp3) is 0.500. The van der Waals surface area contributed by atoms with Gasteiger partial charge in [0, 0.05) is 18.8 Å². The lowest BCUT2D eigenvalue weighted by atomic mass is 10.2. The molecule has 0 aliphatic heterocycles. The van der Waals surface area contributed by atoms with Crippen LogP contribution in [0.1, 0.15) is 19.3 Å². The van der Waals surface area contributed by atoms with Crippen LogP contribution in [0.3, 0.4) is 0 Å². The van der Waals surface area contributed by atoms with Gasteiger partial charge in [0.2, 0.25) is 0 Å². The molecular weight excluding hydrogens is 270 g/mol. The molecule has 4 heteroatoms. The third-order valence-electron chi connectivity index (χ3n) is 2.32. The van der Waals surface area contributed by atoms with Gasteiger partial charge in [-0.3, -0.25) is 0 Å². The van der Waals surface area contributed by atoms with Crippen molar-refractivity contribution in [2.75, 3.05) is 25.6 Å². The number of ether oxygens (including phenoxy) is 1. The van der Waals surface area contributed by atoms with Gasteiger partial charge in [0.1, 0.15) is 5.75 Å². The van der Waals surface area contributed by atoms with E-state index in [9.17, 15) is 0 Å². The second-order valence-electron chi connectivity index (χ2n) is 3.56. The second-order valence-corrected chi connectivity index (χ2v) is 4.41. The zero-order valence-electron chi connectivity index (χ0n) is 9.50. The number of nitrogens with one attached hydrogen (secondary N) is 1. The molecule has 0 amide bonds. The van der Waals surface area contributed by atoms with Gasteiger partial charge in [-0.25, -0.2) is 0 Å². The molecule has 90 valence electrons. The van der Waals surface area contributed by atoms with E-state index >= 15 is 0 Å². The van der Waals surface area contributed by atoms with Crippen molar-refractivity contribution in [2.45, 2.75) is 19.3 Å². The molecule has 3 nitrogen and oxygen atoms in total. The number of hydrogen-bond acceptors (Lipinski definition) is 3. The van der Waals surface area contributed by atoms with E-state index in [4.69, 9.17) is 9.84 Å². The maximum Gasteiger partial charge on any atom is 0.133 e. The van der Waals surface area contributed by atoms with Crippen LogP contribution < -0.4 is 10.1 Å². The van der Waals surface area contributed by atoms with Crippen molar-refractivity contribution in [3.63, 3.8) is 0 Å². The number of halogens is 1. The summed E-state index contributed by atoms with van der Waals surface area (Å²) in [5, 5.41) is 12.0. The van der Waals surface area contributed by atoms with Gasteiger partial charge in [-0.1, -0.05) is 0 Å². The van der Waals surface area contributed by atoms with E-state index in [1.54, 1.807) is 7.11 Å². The summed E-state index contributed by atoms with van der Waals surface area (Å²) in [5.41, 5.74) is 1.08. The Bertz CT molecular complexity index is 318. The number of methoxy groups -OCH3 is 1. The standard InChI is InChI=1S/C12H18BrNO2/c1-16-12-6-5-10(9-11(12)13)14-7-3-2-4-8-15/h5-6,9,14-15H,2-4,7-8H2,1H3. The highest BCUT2D eigenvalue weighted by molar-refractivity contribution is 9.10. The predicted molar refractivity (Wildman–Crippen MR) is 70.1 cm³/mol. The van der Waals surface area contributed by atoms with Crippen LogP contribution in [-0.2, 0) is 0 Å². The van der Waals surface area contributed by atoms with Gasteiger partial charge in [-0.2, -0.15) is 0 Å². The summed E-state index contributed by atoms with van der Waals surface area (Å²) < 4.78 is 6.11. The Morgan fingerprint density at radius 1 is 1.31 bits per heavy atom. The summed E-state index contributed by atoms with van der Waals surface area (Å²) in [4.78, 5) is 0. The highest BCUT2D eigenvalue weighted by Crippen LogP contribution is 2.27. The summed E-state index contributed by atoms with van der Waals surface area (Å²) >= 11 is 3.44. The van der Waals surface area contributed by atoms with Crippen LogP contribution in [0.25, 0.3) is 0 Å². The van der Waals surface area contributed by atoms with Gasteiger partial charge in [0.25, 0.3) is 0 Å². The van der Waals surface area contributed by atoms with Crippen molar-refractivity contribution in [1.82, 2.24) is 0 Å².